The van der Waals surface area contributed by atoms with E-state index in [0.29, 0.717) is 6.54 Å². The molecule has 1 heterocycles. The van der Waals surface area contributed by atoms with E-state index >= 15 is 0 Å². The molecular weight excluding hydrogens is 314 g/mol. The van der Waals surface area contributed by atoms with Crippen LogP contribution in [0.3, 0.4) is 0 Å². The van der Waals surface area contributed by atoms with E-state index in [9.17, 15) is 4.79 Å². The third-order valence-electron chi connectivity index (χ3n) is 4.51. The fraction of sp³-hybridized carbons (Fsp3) is 0.350. The molecule has 3 rings (SSSR count). The second-order valence-corrected chi connectivity index (χ2v) is 6.27. The molecule has 0 atom stereocenters. The van der Waals surface area contributed by atoms with Crippen molar-refractivity contribution in [1.82, 2.24) is 10.6 Å². The Morgan fingerprint density at radius 1 is 0.960 bits per heavy atom. The molecule has 0 unspecified atom stereocenters. The summed E-state index contributed by atoms with van der Waals surface area (Å²) in [6.07, 6.45) is 0. The Bertz CT molecular complexity index is 603. The van der Waals surface area contributed by atoms with Crippen LogP contribution in [0.2, 0.25) is 0 Å². The molecule has 0 aromatic heterocycles. The van der Waals surface area contributed by atoms with Crippen LogP contribution in [0, 0.1) is 0 Å². The lowest BCUT2D eigenvalue weighted by molar-refractivity contribution is -0.906. The molecule has 5 heteroatoms. The topological polar surface area (TPSA) is 54.8 Å². The lowest BCUT2D eigenvalue weighted by Crippen LogP contribution is -3.14. The maximum Gasteiger partial charge on any atom is 0.315 e. The van der Waals surface area contributed by atoms with Crippen molar-refractivity contribution < 1.29 is 14.4 Å². The number of benzene rings is 2. The van der Waals surface area contributed by atoms with Gasteiger partial charge in [0.25, 0.3) is 0 Å². The number of nitrogens with one attached hydrogen (secondary N) is 3. The van der Waals surface area contributed by atoms with Gasteiger partial charge in [0.1, 0.15) is 13.1 Å². The van der Waals surface area contributed by atoms with Crippen molar-refractivity contribution in [1.29, 1.82) is 0 Å². The zero-order chi connectivity index (χ0) is 17.3. The van der Waals surface area contributed by atoms with Crippen LogP contribution in [-0.2, 0) is 4.74 Å². The summed E-state index contributed by atoms with van der Waals surface area (Å²) >= 11 is 0. The second kappa shape index (κ2) is 9.20. The van der Waals surface area contributed by atoms with Crippen LogP contribution in [0.5, 0.6) is 0 Å². The maximum absolute atomic E-state index is 12.4. The molecule has 2 aromatic rings. The Kier molecular flexibility index (Phi) is 6.42. The minimum Gasteiger partial charge on any atom is -0.370 e. The Morgan fingerprint density at radius 3 is 2.08 bits per heavy atom. The van der Waals surface area contributed by atoms with Crippen LogP contribution >= 0.6 is 0 Å². The number of carbonyl (C=O) groups excluding carboxylic acids is 1. The first-order valence-electron chi connectivity index (χ1n) is 8.88. The monoisotopic (exact) mass is 340 g/mol. The highest BCUT2D eigenvalue weighted by Crippen LogP contribution is 2.21. The van der Waals surface area contributed by atoms with Gasteiger partial charge in [-0.3, -0.25) is 0 Å². The van der Waals surface area contributed by atoms with Gasteiger partial charge < -0.3 is 20.3 Å². The number of hydrogen-bond acceptors (Lipinski definition) is 2. The van der Waals surface area contributed by atoms with E-state index in [2.05, 4.69) is 10.6 Å². The van der Waals surface area contributed by atoms with Crippen LogP contribution in [-0.4, -0.2) is 45.4 Å². The second-order valence-electron chi connectivity index (χ2n) is 6.27. The fourth-order valence-electron chi connectivity index (χ4n) is 3.10. The summed E-state index contributed by atoms with van der Waals surface area (Å²) in [5, 5.41) is 6.09. The molecule has 0 spiro atoms. The van der Waals surface area contributed by atoms with Gasteiger partial charge in [0.05, 0.1) is 32.3 Å². The number of carbonyl (C=O) groups is 1. The summed E-state index contributed by atoms with van der Waals surface area (Å²) in [4.78, 5) is 13.9. The molecule has 2 aromatic carbocycles. The molecule has 2 amide bonds. The van der Waals surface area contributed by atoms with E-state index < -0.39 is 0 Å². The molecule has 1 aliphatic heterocycles. The fourth-order valence-corrected chi connectivity index (χ4v) is 3.10. The van der Waals surface area contributed by atoms with E-state index in [-0.39, 0.29) is 12.1 Å². The van der Waals surface area contributed by atoms with E-state index in [0.717, 1.165) is 44.0 Å². The lowest BCUT2D eigenvalue weighted by atomic mass is 9.99. The third-order valence-corrected chi connectivity index (χ3v) is 4.51. The normalized spacial score (nSPS) is 15.1. The minimum atomic E-state index is -0.155. The van der Waals surface area contributed by atoms with Crippen LogP contribution in [0.1, 0.15) is 17.2 Å². The molecule has 25 heavy (non-hydrogen) atoms. The van der Waals surface area contributed by atoms with Gasteiger partial charge >= 0.3 is 6.03 Å². The minimum absolute atomic E-state index is 0.134. The van der Waals surface area contributed by atoms with Gasteiger partial charge in [-0.15, -0.1) is 0 Å². The Morgan fingerprint density at radius 2 is 1.52 bits per heavy atom. The predicted octanol–water partition coefficient (Wildman–Crippen LogP) is 0.990. The molecule has 0 aliphatic carbocycles. The molecule has 5 nitrogen and oxygen atoms in total. The van der Waals surface area contributed by atoms with Gasteiger partial charge in [-0.1, -0.05) is 60.7 Å². The zero-order valence-electron chi connectivity index (χ0n) is 14.4. The highest BCUT2D eigenvalue weighted by atomic mass is 16.5. The number of rotatable bonds is 6. The van der Waals surface area contributed by atoms with Crippen molar-refractivity contribution in [2.45, 2.75) is 6.04 Å². The van der Waals surface area contributed by atoms with Crippen molar-refractivity contribution in [2.24, 2.45) is 0 Å². The summed E-state index contributed by atoms with van der Waals surface area (Å²) in [6, 6.07) is 19.8. The maximum atomic E-state index is 12.4. The SMILES string of the molecule is O=C(NCC[NH+]1CCOCC1)NC(c1ccccc1)c1ccccc1. The molecule has 0 bridgehead atoms. The van der Waals surface area contributed by atoms with Crippen molar-refractivity contribution in [3.8, 4) is 0 Å². The van der Waals surface area contributed by atoms with Gasteiger partial charge in [0.2, 0.25) is 0 Å². The summed E-state index contributed by atoms with van der Waals surface area (Å²) in [6.45, 7) is 5.24. The van der Waals surface area contributed by atoms with Gasteiger partial charge in [-0.05, 0) is 11.1 Å². The average molecular weight is 340 g/mol. The Hall–Kier alpha value is -2.37. The lowest BCUT2D eigenvalue weighted by Gasteiger charge is -2.24. The predicted molar refractivity (Wildman–Crippen MR) is 97.6 cm³/mol. The molecule has 0 saturated carbocycles. The van der Waals surface area contributed by atoms with E-state index in [4.69, 9.17) is 4.74 Å². The molecule has 1 fully saturated rings. The largest absolute Gasteiger partial charge is 0.370 e. The van der Waals surface area contributed by atoms with Crippen LogP contribution in [0.4, 0.5) is 4.79 Å². The smallest absolute Gasteiger partial charge is 0.315 e. The number of urea groups is 1. The number of morpholine rings is 1. The first-order chi connectivity index (χ1) is 12.3. The number of hydrogen-bond donors (Lipinski definition) is 3. The summed E-state index contributed by atoms with van der Waals surface area (Å²) in [5.41, 5.74) is 2.14. The Balaban J connectivity index is 1.57. The summed E-state index contributed by atoms with van der Waals surface area (Å²) < 4.78 is 5.36. The van der Waals surface area contributed by atoms with Gasteiger partial charge in [-0.25, -0.2) is 4.79 Å². The van der Waals surface area contributed by atoms with Crippen molar-refractivity contribution >= 4 is 6.03 Å². The summed E-state index contributed by atoms with van der Waals surface area (Å²) in [5.74, 6) is 0. The summed E-state index contributed by atoms with van der Waals surface area (Å²) in [7, 11) is 0. The molecule has 3 N–H and O–H groups in total. The van der Waals surface area contributed by atoms with Gasteiger partial charge in [-0.2, -0.15) is 0 Å². The van der Waals surface area contributed by atoms with Crippen molar-refractivity contribution in [3.63, 3.8) is 0 Å². The Labute approximate surface area is 149 Å². The first kappa shape index (κ1) is 17.5. The number of quaternary nitrogens is 1. The first-order valence-corrected chi connectivity index (χ1v) is 8.88. The highest BCUT2D eigenvalue weighted by Gasteiger charge is 2.17. The van der Waals surface area contributed by atoms with Crippen molar-refractivity contribution in [2.75, 3.05) is 39.4 Å². The quantitative estimate of drug-likeness (QED) is 0.735. The molecule has 132 valence electrons. The molecule has 1 saturated heterocycles. The standard InChI is InChI=1S/C20H25N3O2/c24-20(21-11-12-23-13-15-25-16-14-23)22-19(17-7-3-1-4-8-17)18-9-5-2-6-10-18/h1-10,19H,11-16H2,(H2,21,22,24)/p+1. The molecule has 0 radical (unpaired) electrons. The number of amides is 2. The van der Waals surface area contributed by atoms with E-state index in [1.54, 1.807) is 0 Å². The molecule has 1 aliphatic rings. The highest BCUT2D eigenvalue weighted by molar-refractivity contribution is 5.75. The van der Waals surface area contributed by atoms with Gasteiger partial charge in [0.15, 0.2) is 0 Å². The third kappa shape index (κ3) is 5.31. The average Bonchev–Trinajstić information content (AvgIpc) is 2.68. The number of ether oxygens (including phenoxy) is 1. The molecular formula is C20H26N3O2+. The van der Waals surface area contributed by atoms with Gasteiger partial charge in [0, 0.05) is 0 Å². The van der Waals surface area contributed by atoms with E-state index in [1.165, 1.54) is 4.90 Å². The van der Waals surface area contributed by atoms with Crippen LogP contribution in [0.15, 0.2) is 60.7 Å². The van der Waals surface area contributed by atoms with E-state index in [1.807, 2.05) is 60.7 Å². The zero-order valence-corrected chi connectivity index (χ0v) is 14.4. The van der Waals surface area contributed by atoms with Crippen LogP contribution < -0.4 is 15.5 Å². The van der Waals surface area contributed by atoms with Crippen molar-refractivity contribution in [3.05, 3.63) is 71.8 Å². The van der Waals surface area contributed by atoms with Crippen LogP contribution in [0.25, 0.3) is 0 Å².